The summed E-state index contributed by atoms with van der Waals surface area (Å²) < 4.78 is 0. The molecule has 0 amide bonds. The van der Waals surface area contributed by atoms with Crippen molar-refractivity contribution in [1.82, 2.24) is 10.3 Å². The normalized spacial score (nSPS) is 12.4. The van der Waals surface area contributed by atoms with Gasteiger partial charge in [-0.2, -0.15) is 0 Å². The third kappa shape index (κ3) is 3.84. The molecule has 1 rings (SSSR count). The Morgan fingerprint density at radius 3 is 2.93 bits per heavy atom. The number of hydrogen-bond acceptors (Lipinski definition) is 2. The number of allylic oxidation sites excluding steroid dienone is 1. The van der Waals surface area contributed by atoms with E-state index in [9.17, 15) is 0 Å². The number of aryl methyl sites for hydroxylation is 1. The standard InChI is InChI=1S/C13H20N2/c1-4-5-6-7-13(14-3)12-8-11(2)9-15-10-12/h4,8-10,13-14H,1,5-7H2,2-3H3. The van der Waals surface area contributed by atoms with Crippen LogP contribution in [0.2, 0.25) is 0 Å². The van der Waals surface area contributed by atoms with Crippen LogP contribution in [0.25, 0.3) is 0 Å². The van der Waals surface area contributed by atoms with Crippen LogP contribution in [0.15, 0.2) is 31.1 Å². The van der Waals surface area contributed by atoms with E-state index in [4.69, 9.17) is 0 Å². The molecule has 1 aromatic heterocycles. The minimum absolute atomic E-state index is 0.414. The lowest BCUT2D eigenvalue weighted by Gasteiger charge is -2.16. The minimum Gasteiger partial charge on any atom is -0.313 e. The zero-order valence-corrected chi connectivity index (χ0v) is 9.66. The van der Waals surface area contributed by atoms with Crippen molar-refractivity contribution < 1.29 is 0 Å². The molecule has 2 nitrogen and oxygen atoms in total. The van der Waals surface area contributed by atoms with Gasteiger partial charge in [0.25, 0.3) is 0 Å². The van der Waals surface area contributed by atoms with Gasteiger partial charge in [0.05, 0.1) is 0 Å². The van der Waals surface area contributed by atoms with Crippen molar-refractivity contribution in [3.05, 3.63) is 42.2 Å². The highest BCUT2D eigenvalue weighted by atomic mass is 14.9. The Labute approximate surface area is 92.4 Å². The van der Waals surface area contributed by atoms with Gasteiger partial charge in [-0.05, 0) is 44.4 Å². The summed E-state index contributed by atoms with van der Waals surface area (Å²) in [5, 5.41) is 3.33. The van der Waals surface area contributed by atoms with Crippen LogP contribution < -0.4 is 5.32 Å². The van der Waals surface area contributed by atoms with Gasteiger partial charge >= 0.3 is 0 Å². The molecule has 82 valence electrons. The van der Waals surface area contributed by atoms with Gasteiger partial charge in [-0.3, -0.25) is 4.98 Å². The molecule has 15 heavy (non-hydrogen) atoms. The SMILES string of the molecule is C=CCCCC(NC)c1cncc(C)c1. The number of pyridine rings is 1. The molecular weight excluding hydrogens is 184 g/mol. The molecule has 0 spiro atoms. The van der Waals surface area contributed by atoms with Crippen LogP contribution in [0.3, 0.4) is 0 Å². The molecule has 0 saturated carbocycles. The van der Waals surface area contributed by atoms with E-state index in [0.717, 1.165) is 12.8 Å². The highest BCUT2D eigenvalue weighted by molar-refractivity contribution is 5.20. The Hall–Kier alpha value is -1.15. The van der Waals surface area contributed by atoms with Gasteiger partial charge in [0, 0.05) is 18.4 Å². The number of hydrogen-bond donors (Lipinski definition) is 1. The Kier molecular flexibility index (Phi) is 5.05. The van der Waals surface area contributed by atoms with Gasteiger partial charge in [-0.25, -0.2) is 0 Å². The Morgan fingerprint density at radius 2 is 2.33 bits per heavy atom. The van der Waals surface area contributed by atoms with Crippen LogP contribution >= 0.6 is 0 Å². The largest absolute Gasteiger partial charge is 0.313 e. The fraction of sp³-hybridized carbons (Fsp3) is 0.462. The average molecular weight is 204 g/mol. The van der Waals surface area contributed by atoms with Crippen molar-refractivity contribution in [2.75, 3.05) is 7.05 Å². The van der Waals surface area contributed by atoms with E-state index >= 15 is 0 Å². The summed E-state index contributed by atoms with van der Waals surface area (Å²) in [6, 6.07) is 2.61. The molecule has 1 heterocycles. The van der Waals surface area contributed by atoms with Crippen LogP contribution in [0, 0.1) is 6.92 Å². The van der Waals surface area contributed by atoms with E-state index in [2.05, 4.69) is 29.9 Å². The minimum atomic E-state index is 0.414. The van der Waals surface area contributed by atoms with Crippen LogP contribution in [0.5, 0.6) is 0 Å². The molecule has 0 aliphatic rings. The van der Waals surface area contributed by atoms with Crippen molar-refractivity contribution in [3.63, 3.8) is 0 Å². The van der Waals surface area contributed by atoms with E-state index < -0.39 is 0 Å². The maximum atomic E-state index is 4.22. The molecular formula is C13H20N2. The molecule has 0 aliphatic heterocycles. The zero-order chi connectivity index (χ0) is 11.1. The predicted molar refractivity (Wildman–Crippen MR) is 64.8 cm³/mol. The molecule has 0 fully saturated rings. The van der Waals surface area contributed by atoms with Crippen molar-refractivity contribution in [2.45, 2.75) is 32.2 Å². The number of rotatable bonds is 6. The quantitative estimate of drug-likeness (QED) is 0.569. The van der Waals surface area contributed by atoms with Crippen LogP contribution in [-0.2, 0) is 0 Å². The Morgan fingerprint density at radius 1 is 1.53 bits per heavy atom. The third-order valence-corrected chi connectivity index (χ3v) is 2.55. The summed E-state index contributed by atoms with van der Waals surface area (Å²) in [7, 11) is 2.00. The molecule has 0 bridgehead atoms. The second kappa shape index (κ2) is 6.36. The molecule has 0 radical (unpaired) electrons. The van der Waals surface area contributed by atoms with Crippen molar-refractivity contribution in [2.24, 2.45) is 0 Å². The third-order valence-electron chi connectivity index (χ3n) is 2.55. The highest BCUT2D eigenvalue weighted by Crippen LogP contribution is 2.18. The van der Waals surface area contributed by atoms with E-state index in [1.165, 1.54) is 17.5 Å². The lowest BCUT2D eigenvalue weighted by Crippen LogP contribution is -2.16. The molecule has 1 aromatic rings. The van der Waals surface area contributed by atoms with Gasteiger partial charge in [0.2, 0.25) is 0 Å². The van der Waals surface area contributed by atoms with Crippen molar-refractivity contribution >= 4 is 0 Å². The average Bonchev–Trinajstić information content (AvgIpc) is 2.24. The Balaban J connectivity index is 2.61. The van der Waals surface area contributed by atoms with Gasteiger partial charge < -0.3 is 5.32 Å². The molecule has 1 atom stereocenters. The summed E-state index contributed by atoms with van der Waals surface area (Å²) in [5.74, 6) is 0. The first-order chi connectivity index (χ1) is 7.27. The van der Waals surface area contributed by atoms with Gasteiger partial charge in [-0.15, -0.1) is 6.58 Å². The van der Waals surface area contributed by atoms with E-state index in [-0.39, 0.29) is 0 Å². The summed E-state index contributed by atoms with van der Waals surface area (Å²) in [6.07, 6.45) is 9.19. The maximum Gasteiger partial charge on any atom is 0.0333 e. The first-order valence-corrected chi connectivity index (χ1v) is 5.47. The first kappa shape index (κ1) is 11.9. The molecule has 1 N–H and O–H groups in total. The number of nitrogens with zero attached hydrogens (tertiary/aromatic N) is 1. The van der Waals surface area contributed by atoms with E-state index in [0.29, 0.717) is 6.04 Å². The molecule has 1 unspecified atom stereocenters. The highest BCUT2D eigenvalue weighted by Gasteiger charge is 2.08. The van der Waals surface area contributed by atoms with E-state index in [1.807, 2.05) is 25.5 Å². The molecule has 2 heteroatoms. The summed E-state index contributed by atoms with van der Waals surface area (Å²) in [5.41, 5.74) is 2.50. The lowest BCUT2D eigenvalue weighted by atomic mass is 10.0. The van der Waals surface area contributed by atoms with Crippen molar-refractivity contribution in [3.8, 4) is 0 Å². The van der Waals surface area contributed by atoms with Gasteiger partial charge in [-0.1, -0.05) is 12.1 Å². The lowest BCUT2D eigenvalue weighted by molar-refractivity contribution is 0.528. The topological polar surface area (TPSA) is 24.9 Å². The zero-order valence-electron chi connectivity index (χ0n) is 9.66. The van der Waals surface area contributed by atoms with Crippen molar-refractivity contribution in [1.29, 1.82) is 0 Å². The molecule has 0 aliphatic carbocycles. The predicted octanol–water partition coefficient (Wildman–Crippen LogP) is 3.01. The fourth-order valence-electron chi connectivity index (χ4n) is 1.71. The second-order valence-corrected chi connectivity index (χ2v) is 3.86. The van der Waals surface area contributed by atoms with Gasteiger partial charge in [0.15, 0.2) is 0 Å². The second-order valence-electron chi connectivity index (χ2n) is 3.86. The summed E-state index contributed by atoms with van der Waals surface area (Å²) in [4.78, 5) is 4.22. The Bertz CT molecular complexity index is 307. The van der Waals surface area contributed by atoms with Gasteiger partial charge in [0.1, 0.15) is 0 Å². The summed E-state index contributed by atoms with van der Waals surface area (Å²) in [6.45, 7) is 5.81. The monoisotopic (exact) mass is 204 g/mol. The first-order valence-electron chi connectivity index (χ1n) is 5.47. The maximum absolute atomic E-state index is 4.22. The molecule has 0 saturated heterocycles. The van der Waals surface area contributed by atoms with Crippen LogP contribution in [-0.4, -0.2) is 12.0 Å². The number of aromatic nitrogens is 1. The smallest absolute Gasteiger partial charge is 0.0333 e. The summed E-state index contributed by atoms with van der Waals surface area (Å²) >= 11 is 0. The fourth-order valence-corrected chi connectivity index (χ4v) is 1.71. The van der Waals surface area contributed by atoms with Crippen LogP contribution in [0.4, 0.5) is 0 Å². The number of unbranched alkanes of at least 4 members (excludes halogenated alkanes) is 1. The van der Waals surface area contributed by atoms with E-state index in [1.54, 1.807) is 0 Å². The molecule has 0 aromatic carbocycles. The van der Waals surface area contributed by atoms with Crippen LogP contribution in [0.1, 0.15) is 36.4 Å². The number of nitrogens with one attached hydrogen (secondary N) is 1.